The highest BCUT2D eigenvalue weighted by atomic mass is 16.5. The number of carbonyl (C=O) groups excluding carboxylic acids is 1. The maximum Gasteiger partial charge on any atom is 0.324 e. The largest absolute Gasteiger partial charge is 0.468 e. The molecule has 0 radical (unpaired) electrons. The van der Waals surface area contributed by atoms with Gasteiger partial charge in [0.2, 0.25) is 0 Å². The van der Waals surface area contributed by atoms with E-state index in [4.69, 9.17) is 0 Å². The molecule has 1 aliphatic rings. The minimum absolute atomic E-state index is 0.167. The molecule has 58 valence electrons. The van der Waals surface area contributed by atoms with Gasteiger partial charge in [0, 0.05) is 6.04 Å². The average molecular weight is 144 g/mol. The summed E-state index contributed by atoms with van der Waals surface area (Å²) < 4.78 is 4.54. The second-order valence-corrected chi connectivity index (χ2v) is 2.50. The molecule has 1 aliphatic heterocycles. The van der Waals surface area contributed by atoms with Crippen LogP contribution in [0.15, 0.2) is 0 Å². The Morgan fingerprint density at radius 1 is 1.60 bits per heavy atom. The van der Waals surface area contributed by atoms with Crippen LogP contribution < -0.4 is 10.9 Å². The Hall–Kier alpha value is -0.610. The lowest BCUT2D eigenvalue weighted by Crippen LogP contribution is -2.37. The number of rotatable bonds is 1. The standard InChI is InChI=1S/C6H12N2O2/c1-4-3-5(8-7-4)6(9)10-2/h4-5,7-8H,3H2,1-2H3. The summed E-state index contributed by atoms with van der Waals surface area (Å²) in [5.74, 6) is -0.197. The van der Waals surface area contributed by atoms with Crippen LogP contribution >= 0.6 is 0 Å². The molecular weight excluding hydrogens is 132 g/mol. The van der Waals surface area contributed by atoms with E-state index in [0.717, 1.165) is 6.42 Å². The molecule has 1 fully saturated rings. The molecule has 2 atom stereocenters. The second-order valence-electron chi connectivity index (χ2n) is 2.50. The van der Waals surface area contributed by atoms with Crippen LogP contribution in [0.2, 0.25) is 0 Å². The second kappa shape index (κ2) is 2.98. The monoisotopic (exact) mass is 144 g/mol. The average Bonchev–Trinajstić information content (AvgIpc) is 2.34. The molecule has 1 rings (SSSR count). The summed E-state index contributed by atoms with van der Waals surface area (Å²) in [6.07, 6.45) is 0.798. The van der Waals surface area contributed by atoms with E-state index in [1.807, 2.05) is 6.92 Å². The van der Waals surface area contributed by atoms with Crippen LogP contribution in [-0.4, -0.2) is 25.2 Å². The molecule has 4 nitrogen and oxygen atoms in total. The fraction of sp³-hybridized carbons (Fsp3) is 0.833. The highest BCUT2D eigenvalue weighted by Gasteiger charge is 2.26. The van der Waals surface area contributed by atoms with Crippen LogP contribution in [0.3, 0.4) is 0 Å². The minimum Gasteiger partial charge on any atom is -0.468 e. The van der Waals surface area contributed by atoms with Gasteiger partial charge in [-0.1, -0.05) is 0 Å². The Morgan fingerprint density at radius 3 is 2.70 bits per heavy atom. The molecule has 0 aromatic rings. The van der Waals surface area contributed by atoms with Crippen LogP contribution in [0.4, 0.5) is 0 Å². The fourth-order valence-corrected chi connectivity index (χ4v) is 1.01. The Labute approximate surface area is 59.9 Å². The van der Waals surface area contributed by atoms with Crippen molar-refractivity contribution in [2.45, 2.75) is 25.4 Å². The fourth-order valence-electron chi connectivity index (χ4n) is 1.01. The molecule has 2 N–H and O–H groups in total. The Kier molecular flexibility index (Phi) is 2.24. The number of ether oxygens (including phenoxy) is 1. The van der Waals surface area contributed by atoms with E-state index in [-0.39, 0.29) is 12.0 Å². The molecule has 0 spiro atoms. The predicted octanol–water partition coefficient (Wildman–Crippen LogP) is -0.586. The van der Waals surface area contributed by atoms with E-state index in [0.29, 0.717) is 6.04 Å². The molecule has 0 amide bonds. The number of hydrogen-bond acceptors (Lipinski definition) is 4. The topological polar surface area (TPSA) is 50.4 Å². The molecule has 4 heteroatoms. The highest BCUT2D eigenvalue weighted by Crippen LogP contribution is 2.04. The van der Waals surface area contributed by atoms with Crippen molar-refractivity contribution in [1.82, 2.24) is 10.9 Å². The van der Waals surface area contributed by atoms with Crippen LogP contribution in [0.5, 0.6) is 0 Å². The number of hydrazine groups is 1. The van der Waals surface area contributed by atoms with Crippen LogP contribution in [0.25, 0.3) is 0 Å². The molecule has 0 saturated carbocycles. The smallest absolute Gasteiger partial charge is 0.324 e. The maximum atomic E-state index is 10.8. The number of carbonyl (C=O) groups is 1. The predicted molar refractivity (Wildman–Crippen MR) is 36.2 cm³/mol. The Morgan fingerprint density at radius 2 is 2.30 bits per heavy atom. The normalized spacial score (nSPS) is 32.2. The molecule has 0 aromatic carbocycles. The molecule has 1 saturated heterocycles. The molecule has 0 aromatic heterocycles. The van der Waals surface area contributed by atoms with Gasteiger partial charge in [-0.05, 0) is 13.3 Å². The van der Waals surface area contributed by atoms with Crippen molar-refractivity contribution in [3.8, 4) is 0 Å². The number of methoxy groups -OCH3 is 1. The van der Waals surface area contributed by atoms with Crippen molar-refractivity contribution < 1.29 is 9.53 Å². The highest BCUT2D eigenvalue weighted by molar-refractivity contribution is 5.75. The summed E-state index contributed by atoms with van der Waals surface area (Å²) in [5, 5.41) is 0. The first-order valence-electron chi connectivity index (χ1n) is 3.33. The van der Waals surface area contributed by atoms with Crippen molar-refractivity contribution in [1.29, 1.82) is 0 Å². The van der Waals surface area contributed by atoms with Crippen molar-refractivity contribution >= 4 is 5.97 Å². The first kappa shape index (κ1) is 7.50. The van der Waals surface area contributed by atoms with Crippen LogP contribution in [0, 0.1) is 0 Å². The molecule has 2 unspecified atom stereocenters. The van der Waals surface area contributed by atoms with Gasteiger partial charge in [0.15, 0.2) is 0 Å². The van der Waals surface area contributed by atoms with Gasteiger partial charge in [-0.3, -0.25) is 10.2 Å². The molecule has 1 heterocycles. The third kappa shape index (κ3) is 1.46. The van der Waals surface area contributed by atoms with Crippen LogP contribution in [0.1, 0.15) is 13.3 Å². The molecule has 0 aliphatic carbocycles. The van der Waals surface area contributed by atoms with Gasteiger partial charge in [0.25, 0.3) is 0 Å². The van der Waals surface area contributed by atoms with E-state index in [1.165, 1.54) is 7.11 Å². The van der Waals surface area contributed by atoms with Gasteiger partial charge in [0.1, 0.15) is 6.04 Å². The summed E-state index contributed by atoms with van der Waals surface area (Å²) in [7, 11) is 1.40. The van der Waals surface area contributed by atoms with E-state index < -0.39 is 0 Å². The van der Waals surface area contributed by atoms with E-state index in [1.54, 1.807) is 0 Å². The lowest BCUT2D eigenvalue weighted by Gasteiger charge is -2.04. The summed E-state index contributed by atoms with van der Waals surface area (Å²) >= 11 is 0. The first-order valence-corrected chi connectivity index (χ1v) is 3.33. The summed E-state index contributed by atoms with van der Waals surface area (Å²) in [4.78, 5) is 10.8. The van der Waals surface area contributed by atoms with Crippen molar-refractivity contribution in [2.75, 3.05) is 7.11 Å². The van der Waals surface area contributed by atoms with Gasteiger partial charge >= 0.3 is 5.97 Å². The SMILES string of the molecule is COC(=O)C1CC(C)NN1. The third-order valence-corrected chi connectivity index (χ3v) is 1.58. The van der Waals surface area contributed by atoms with Crippen molar-refractivity contribution in [2.24, 2.45) is 0 Å². The Bertz CT molecular complexity index is 138. The zero-order valence-electron chi connectivity index (χ0n) is 6.18. The van der Waals surface area contributed by atoms with E-state index in [9.17, 15) is 4.79 Å². The minimum atomic E-state index is -0.197. The third-order valence-electron chi connectivity index (χ3n) is 1.58. The van der Waals surface area contributed by atoms with Crippen molar-refractivity contribution in [3.63, 3.8) is 0 Å². The number of esters is 1. The lowest BCUT2D eigenvalue weighted by atomic mass is 10.1. The van der Waals surface area contributed by atoms with Gasteiger partial charge in [-0.25, -0.2) is 5.43 Å². The lowest BCUT2D eigenvalue weighted by molar-refractivity contribution is -0.142. The molecular formula is C6H12N2O2. The van der Waals surface area contributed by atoms with E-state index >= 15 is 0 Å². The quantitative estimate of drug-likeness (QED) is 0.483. The number of hydrogen-bond donors (Lipinski definition) is 2. The number of nitrogens with one attached hydrogen (secondary N) is 2. The first-order chi connectivity index (χ1) is 4.74. The van der Waals surface area contributed by atoms with Crippen LogP contribution in [-0.2, 0) is 9.53 Å². The summed E-state index contributed by atoms with van der Waals surface area (Å²) in [6, 6.07) is 0.184. The Balaban J connectivity index is 2.37. The van der Waals surface area contributed by atoms with Gasteiger partial charge in [0.05, 0.1) is 7.11 Å². The van der Waals surface area contributed by atoms with Crippen molar-refractivity contribution in [3.05, 3.63) is 0 Å². The summed E-state index contributed by atoms with van der Waals surface area (Å²) in [5.41, 5.74) is 5.77. The molecule has 0 bridgehead atoms. The van der Waals surface area contributed by atoms with Gasteiger partial charge < -0.3 is 4.74 Å². The van der Waals surface area contributed by atoms with E-state index in [2.05, 4.69) is 15.6 Å². The molecule has 10 heavy (non-hydrogen) atoms. The zero-order valence-corrected chi connectivity index (χ0v) is 6.18. The maximum absolute atomic E-state index is 10.8. The zero-order chi connectivity index (χ0) is 7.56. The summed E-state index contributed by atoms with van der Waals surface area (Å²) in [6.45, 7) is 2.01. The van der Waals surface area contributed by atoms with Gasteiger partial charge in [-0.2, -0.15) is 0 Å². The van der Waals surface area contributed by atoms with Gasteiger partial charge in [-0.15, -0.1) is 0 Å².